The van der Waals surface area contributed by atoms with Crippen LogP contribution in [0.25, 0.3) is 0 Å². The van der Waals surface area contributed by atoms with Gasteiger partial charge in [-0.3, -0.25) is 14.5 Å². The fraction of sp³-hybridized carbons (Fsp3) is 0.300. The summed E-state index contributed by atoms with van der Waals surface area (Å²) in [6.45, 7) is 2.81. The lowest BCUT2D eigenvalue weighted by atomic mass is 10.2. The summed E-state index contributed by atoms with van der Waals surface area (Å²) in [7, 11) is 0. The van der Waals surface area contributed by atoms with Gasteiger partial charge in [-0.05, 0) is 30.8 Å². The van der Waals surface area contributed by atoms with Gasteiger partial charge in [0.25, 0.3) is 0 Å². The van der Waals surface area contributed by atoms with Crippen molar-refractivity contribution in [2.45, 2.75) is 6.92 Å². The number of para-hydroxylation sites is 1. The molecule has 29 heavy (non-hydrogen) atoms. The Morgan fingerprint density at radius 3 is 2.24 bits per heavy atom. The Balaban J connectivity index is 1.55. The third kappa shape index (κ3) is 5.41. The standard InChI is InChI=1S/C20H21F2N3O4/c1-2-25(12-19(27)24-20-14(21)4-3-5-15(20)22)11-18(26)23-13-6-7-16-17(10-13)29-9-8-28-16/h3-7,10H,2,8-9,11-12H2,1H3,(H,23,26)(H,24,27). The number of ether oxygens (including phenoxy) is 2. The van der Waals surface area contributed by atoms with Crippen LogP contribution in [0.5, 0.6) is 11.5 Å². The molecule has 0 unspecified atom stereocenters. The second-order valence-corrected chi connectivity index (χ2v) is 6.35. The first-order valence-electron chi connectivity index (χ1n) is 9.12. The molecule has 2 aromatic rings. The molecule has 1 heterocycles. The Kier molecular flexibility index (Phi) is 6.61. The van der Waals surface area contributed by atoms with E-state index in [0.29, 0.717) is 36.9 Å². The Hall–Kier alpha value is -3.20. The molecule has 7 nitrogen and oxygen atoms in total. The summed E-state index contributed by atoms with van der Waals surface area (Å²) in [5, 5.41) is 4.94. The molecule has 0 radical (unpaired) electrons. The van der Waals surface area contributed by atoms with Gasteiger partial charge in [-0.25, -0.2) is 8.78 Å². The third-order valence-electron chi connectivity index (χ3n) is 4.23. The van der Waals surface area contributed by atoms with Gasteiger partial charge < -0.3 is 20.1 Å². The highest BCUT2D eigenvalue weighted by Gasteiger charge is 2.17. The van der Waals surface area contributed by atoms with Gasteiger partial charge in [0.2, 0.25) is 11.8 Å². The molecule has 2 N–H and O–H groups in total. The van der Waals surface area contributed by atoms with Crippen molar-refractivity contribution in [3.63, 3.8) is 0 Å². The number of hydrogen-bond acceptors (Lipinski definition) is 5. The Morgan fingerprint density at radius 1 is 0.966 bits per heavy atom. The summed E-state index contributed by atoms with van der Waals surface area (Å²) in [5.74, 6) is -1.53. The molecule has 1 aliphatic heterocycles. The number of carbonyl (C=O) groups is 2. The van der Waals surface area contributed by atoms with Crippen molar-refractivity contribution in [2.75, 3.05) is 43.5 Å². The topological polar surface area (TPSA) is 79.9 Å². The molecule has 3 rings (SSSR count). The molecular formula is C20H21F2N3O4. The second-order valence-electron chi connectivity index (χ2n) is 6.35. The van der Waals surface area contributed by atoms with Crippen LogP contribution < -0.4 is 20.1 Å². The zero-order valence-electron chi connectivity index (χ0n) is 15.8. The van der Waals surface area contributed by atoms with Crippen LogP contribution >= 0.6 is 0 Å². The fourth-order valence-corrected chi connectivity index (χ4v) is 2.80. The maximum atomic E-state index is 13.7. The van der Waals surface area contributed by atoms with E-state index >= 15 is 0 Å². The van der Waals surface area contributed by atoms with Crippen LogP contribution in [-0.2, 0) is 9.59 Å². The highest BCUT2D eigenvalue weighted by atomic mass is 19.1. The van der Waals surface area contributed by atoms with Crippen molar-refractivity contribution in [1.29, 1.82) is 0 Å². The summed E-state index contributed by atoms with van der Waals surface area (Å²) >= 11 is 0. The smallest absolute Gasteiger partial charge is 0.238 e. The quantitative estimate of drug-likeness (QED) is 0.740. The van der Waals surface area contributed by atoms with E-state index in [0.717, 1.165) is 12.1 Å². The highest BCUT2D eigenvalue weighted by Crippen LogP contribution is 2.32. The lowest BCUT2D eigenvalue weighted by Gasteiger charge is -2.21. The van der Waals surface area contributed by atoms with Crippen LogP contribution in [0.2, 0.25) is 0 Å². The summed E-state index contributed by atoms with van der Waals surface area (Å²) < 4.78 is 38.2. The lowest BCUT2D eigenvalue weighted by molar-refractivity contribution is -0.119. The van der Waals surface area contributed by atoms with Crippen LogP contribution in [0, 0.1) is 11.6 Å². The molecule has 0 aliphatic carbocycles. The van der Waals surface area contributed by atoms with E-state index in [1.807, 2.05) is 0 Å². The molecule has 0 spiro atoms. The number of carbonyl (C=O) groups excluding carboxylic acids is 2. The normalized spacial score (nSPS) is 12.6. The van der Waals surface area contributed by atoms with E-state index in [-0.39, 0.29) is 19.0 Å². The number of nitrogens with zero attached hydrogens (tertiary/aromatic N) is 1. The molecular weight excluding hydrogens is 384 g/mol. The minimum atomic E-state index is -0.863. The van der Waals surface area contributed by atoms with E-state index in [9.17, 15) is 18.4 Å². The largest absolute Gasteiger partial charge is 0.486 e. The summed E-state index contributed by atoms with van der Waals surface area (Å²) in [4.78, 5) is 26.0. The molecule has 0 saturated heterocycles. The van der Waals surface area contributed by atoms with Gasteiger partial charge in [-0.2, -0.15) is 0 Å². The van der Waals surface area contributed by atoms with Crippen molar-refractivity contribution >= 4 is 23.2 Å². The Labute approximate surface area is 166 Å². The minimum absolute atomic E-state index is 0.0713. The van der Waals surface area contributed by atoms with Gasteiger partial charge in [-0.1, -0.05) is 13.0 Å². The van der Waals surface area contributed by atoms with Crippen molar-refractivity contribution in [2.24, 2.45) is 0 Å². The van der Waals surface area contributed by atoms with Crippen molar-refractivity contribution in [1.82, 2.24) is 4.90 Å². The maximum Gasteiger partial charge on any atom is 0.238 e. The fourth-order valence-electron chi connectivity index (χ4n) is 2.80. The summed E-state index contributed by atoms with van der Waals surface area (Å²) in [6.07, 6.45) is 0. The molecule has 2 aromatic carbocycles. The Bertz CT molecular complexity index is 887. The Morgan fingerprint density at radius 2 is 1.59 bits per heavy atom. The van der Waals surface area contributed by atoms with Gasteiger partial charge in [0.05, 0.1) is 13.1 Å². The number of halogens is 2. The van der Waals surface area contributed by atoms with Gasteiger partial charge in [0.15, 0.2) is 11.5 Å². The summed E-state index contributed by atoms with van der Waals surface area (Å²) in [6, 6.07) is 8.37. The predicted octanol–water partition coefficient (Wildman–Crippen LogP) is 2.64. The predicted molar refractivity (Wildman–Crippen MR) is 103 cm³/mol. The van der Waals surface area contributed by atoms with E-state index < -0.39 is 23.2 Å². The highest BCUT2D eigenvalue weighted by molar-refractivity contribution is 5.95. The molecule has 0 saturated carbocycles. The number of anilines is 2. The van der Waals surface area contributed by atoms with E-state index in [4.69, 9.17) is 9.47 Å². The molecule has 0 aromatic heterocycles. The van der Waals surface area contributed by atoms with Crippen LogP contribution in [0.4, 0.5) is 20.2 Å². The second kappa shape index (κ2) is 9.33. The minimum Gasteiger partial charge on any atom is -0.486 e. The van der Waals surface area contributed by atoms with Crippen LogP contribution in [0.15, 0.2) is 36.4 Å². The van der Waals surface area contributed by atoms with Crippen LogP contribution in [-0.4, -0.2) is 49.6 Å². The number of hydrogen-bond donors (Lipinski definition) is 2. The molecule has 0 fully saturated rings. The van der Waals surface area contributed by atoms with Crippen molar-refractivity contribution in [3.05, 3.63) is 48.0 Å². The average Bonchev–Trinajstić information content (AvgIpc) is 2.70. The number of rotatable bonds is 7. The molecule has 2 amide bonds. The first-order chi connectivity index (χ1) is 14.0. The third-order valence-corrected chi connectivity index (χ3v) is 4.23. The number of fused-ring (bicyclic) bond motifs is 1. The van der Waals surface area contributed by atoms with Gasteiger partial charge >= 0.3 is 0 Å². The lowest BCUT2D eigenvalue weighted by Crippen LogP contribution is -2.38. The number of amides is 2. The monoisotopic (exact) mass is 405 g/mol. The van der Waals surface area contributed by atoms with Gasteiger partial charge in [-0.15, -0.1) is 0 Å². The van der Waals surface area contributed by atoms with Crippen molar-refractivity contribution < 1.29 is 27.8 Å². The first kappa shape index (κ1) is 20.5. The number of benzene rings is 2. The zero-order valence-corrected chi connectivity index (χ0v) is 15.8. The summed E-state index contributed by atoms with van der Waals surface area (Å²) in [5.41, 5.74) is 0.0301. The van der Waals surface area contributed by atoms with Gasteiger partial charge in [0, 0.05) is 11.8 Å². The molecule has 0 atom stereocenters. The molecule has 154 valence electrons. The maximum absolute atomic E-state index is 13.7. The van der Waals surface area contributed by atoms with E-state index in [1.54, 1.807) is 30.0 Å². The molecule has 9 heteroatoms. The van der Waals surface area contributed by atoms with Crippen LogP contribution in [0.1, 0.15) is 6.92 Å². The van der Waals surface area contributed by atoms with Gasteiger partial charge in [0.1, 0.15) is 30.5 Å². The van der Waals surface area contributed by atoms with Crippen molar-refractivity contribution in [3.8, 4) is 11.5 Å². The average molecular weight is 405 g/mol. The number of likely N-dealkylation sites (N-methyl/N-ethyl adjacent to an activating group) is 1. The molecule has 1 aliphatic rings. The van der Waals surface area contributed by atoms with E-state index in [2.05, 4.69) is 10.6 Å². The zero-order chi connectivity index (χ0) is 20.8. The van der Waals surface area contributed by atoms with Crippen LogP contribution in [0.3, 0.4) is 0 Å². The first-order valence-corrected chi connectivity index (χ1v) is 9.12. The molecule has 0 bridgehead atoms. The SMILES string of the molecule is CCN(CC(=O)Nc1ccc2c(c1)OCCO2)CC(=O)Nc1c(F)cccc1F. The van der Waals surface area contributed by atoms with E-state index in [1.165, 1.54) is 6.07 Å². The number of nitrogens with one attached hydrogen (secondary N) is 2.